The molecule has 0 fully saturated rings. The first-order valence-electron chi connectivity index (χ1n) is 21.9. The van der Waals surface area contributed by atoms with E-state index in [0.29, 0.717) is 23.4 Å². The number of allylic oxidation sites excluding steroid dienone is 1. The Balaban J connectivity index is 1.09. The molecule has 1 atom stereocenters. The summed E-state index contributed by atoms with van der Waals surface area (Å²) in [7, 11) is 0. The van der Waals surface area contributed by atoms with Crippen LogP contribution in [0.5, 0.6) is 0 Å². The van der Waals surface area contributed by atoms with Crippen LogP contribution in [0.3, 0.4) is 0 Å². The Hall–Kier alpha value is -8.35. The van der Waals surface area contributed by atoms with Gasteiger partial charge in [0.15, 0.2) is 23.1 Å². The number of hydrogen-bond acceptors (Lipinski definition) is 4. The third kappa shape index (κ3) is 5.62. The van der Waals surface area contributed by atoms with E-state index in [-0.39, 0.29) is 0 Å². The SMILES string of the molecule is CC1CC=Cc2c1n(-c1ccccc1)c1cc(-c3cc4c5ccccc5oc4c4c3c3ccccc3n4-c3cccc(-c4nc(-c5ccccc5)nc(-c5ccccc5)n4)c3)ccc21. The predicted octanol–water partition coefficient (Wildman–Crippen LogP) is 15.0. The minimum atomic E-state index is 0.387. The number of nitrogens with zero attached hydrogens (tertiary/aromatic N) is 5. The minimum absolute atomic E-state index is 0.387. The Morgan fingerprint density at radius 1 is 0.484 bits per heavy atom. The first-order chi connectivity index (χ1) is 31.7. The fourth-order valence-electron chi connectivity index (χ4n) is 10.1. The van der Waals surface area contributed by atoms with Gasteiger partial charge in [-0.05, 0) is 66.1 Å². The molecular formula is C58H39N5O. The van der Waals surface area contributed by atoms with Gasteiger partial charge in [-0.25, -0.2) is 15.0 Å². The van der Waals surface area contributed by atoms with Gasteiger partial charge in [0, 0.05) is 72.2 Å². The second-order valence-electron chi connectivity index (χ2n) is 16.8. The molecule has 1 aliphatic carbocycles. The van der Waals surface area contributed by atoms with Gasteiger partial charge in [0.25, 0.3) is 0 Å². The van der Waals surface area contributed by atoms with Gasteiger partial charge < -0.3 is 13.6 Å². The normalized spacial score (nSPS) is 13.7. The molecule has 0 spiro atoms. The van der Waals surface area contributed by atoms with E-state index in [1.54, 1.807) is 0 Å². The number of para-hydroxylation sites is 3. The first kappa shape index (κ1) is 36.3. The second kappa shape index (κ2) is 14.4. The number of rotatable bonds is 6. The van der Waals surface area contributed by atoms with Crippen molar-refractivity contribution in [3.05, 3.63) is 205 Å². The number of benzene rings is 8. The third-order valence-corrected chi connectivity index (χ3v) is 13.0. The van der Waals surface area contributed by atoms with Crippen LogP contribution in [0, 0.1) is 0 Å². The summed E-state index contributed by atoms with van der Waals surface area (Å²) in [4.78, 5) is 15.2. The Labute approximate surface area is 369 Å². The summed E-state index contributed by atoms with van der Waals surface area (Å²) in [6.45, 7) is 2.35. The molecule has 6 nitrogen and oxygen atoms in total. The maximum absolute atomic E-state index is 6.94. The highest BCUT2D eigenvalue weighted by atomic mass is 16.3. The molecule has 0 N–H and O–H groups in total. The van der Waals surface area contributed by atoms with Gasteiger partial charge in [0.1, 0.15) is 5.58 Å². The van der Waals surface area contributed by atoms with Crippen molar-refractivity contribution < 1.29 is 4.42 Å². The molecule has 12 aromatic rings. The van der Waals surface area contributed by atoms with E-state index < -0.39 is 0 Å². The van der Waals surface area contributed by atoms with Crippen LogP contribution in [0.1, 0.15) is 30.5 Å². The van der Waals surface area contributed by atoms with Gasteiger partial charge in [0.05, 0.1) is 16.6 Å². The molecule has 8 aromatic carbocycles. The van der Waals surface area contributed by atoms with Crippen molar-refractivity contribution in [1.29, 1.82) is 0 Å². The topological polar surface area (TPSA) is 61.7 Å². The third-order valence-electron chi connectivity index (χ3n) is 13.0. The Kier molecular flexibility index (Phi) is 8.15. The van der Waals surface area contributed by atoms with Crippen molar-refractivity contribution in [2.45, 2.75) is 19.3 Å². The average molecular weight is 822 g/mol. The van der Waals surface area contributed by atoms with Gasteiger partial charge in [0.2, 0.25) is 0 Å². The van der Waals surface area contributed by atoms with Crippen LogP contribution in [0.4, 0.5) is 0 Å². The van der Waals surface area contributed by atoms with E-state index in [1.165, 1.54) is 27.8 Å². The van der Waals surface area contributed by atoms with Crippen LogP contribution < -0.4 is 0 Å². The number of fused-ring (bicyclic) bond motifs is 10. The van der Waals surface area contributed by atoms with Gasteiger partial charge in [-0.2, -0.15) is 0 Å². The van der Waals surface area contributed by atoms with Crippen LogP contribution in [-0.4, -0.2) is 24.1 Å². The van der Waals surface area contributed by atoms with Gasteiger partial charge in [-0.15, -0.1) is 0 Å². The summed E-state index contributed by atoms with van der Waals surface area (Å²) in [5.74, 6) is 2.24. The molecule has 64 heavy (non-hydrogen) atoms. The zero-order chi connectivity index (χ0) is 42.3. The lowest BCUT2D eigenvalue weighted by atomic mass is 9.92. The van der Waals surface area contributed by atoms with E-state index in [9.17, 15) is 0 Å². The summed E-state index contributed by atoms with van der Waals surface area (Å²) in [5.41, 5.74) is 14.9. The summed E-state index contributed by atoms with van der Waals surface area (Å²) >= 11 is 0. The van der Waals surface area contributed by atoms with Crippen molar-refractivity contribution in [3.63, 3.8) is 0 Å². The zero-order valence-electron chi connectivity index (χ0n) is 35.0. The molecule has 0 amide bonds. The lowest BCUT2D eigenvalue weighted by Gasteiger charge is -2.19. The van der Waals surface area contributed by atoms with E-state index in [1.807, 2.05) is 66.7 Å². The highest BCUT2D eigenvalue weighted by molar-refractivity contribution is 6.26. The Morgan fingerprint density at radius 3 is 1.86 bits per heavy atom. The van der Waals surface area contributed by atoms with Gasteiger partial charge in [-0.3, -0.25) is 0 Å². The van der Waals surface area contributed by atoms with Crippen molar-refractivity contribution in [2.75, 3.05) is 0 Å². The maximum Gasteiger partial charge on any atom is 0.164 e. The molecule has 4 aromatic heterocycles. The van der Waals surface area contributed by atoms with Crippen molar-refractivity contribution in [3.8, 4) is 56.7 Å². The summed E-state index contributed by atoms with van der Waals surface area (Å²) in [6, 6.07) is 66.2. The lowest BCUT2D eigenvalue weighted by molar-refractivity contribution is 0.671. The van der Waals surface area contributed by atoms with Crippen LogP contribution >= 0.6 is 0 Å². The van der Waals surface area contributed by atoms with E-state index >= 15 is 0 Å². The molecule has 1 unspecified atom stereocenters. The number of aromatic nitrogens is 5. The molecular weight excluding hydrogens is 783 g/mol. The summed E-state index contributed by atoms with van der Waals surface area (Å²) < 4.78 is 11.8. The first-order valence-corrected chi connectivity index (χ1v) is 21.9. The molecule has 0 saturated carbocycles. The maximum atomic E-state index is 6.94. The second-order valence-corrected chi connectivity index (χ2v) is 16.8. The zero-order valence-corrected chi connectivity index (χ0v) is 35.0. The molecule has 302 valence electrons. The smallest absolute Gasteiger partial charge is 0.164 e. The summed E-state index contributed by atoms with van der Waals surface area (Å²) in [6.07, 6.45) is 5.67. The number of furan rings is 1. The Morgan fingerprint density at radius 2 is 1.11 bits per heavy atom. The molecule has 0 radical (unpaired) electrons. The molecule has 0 saturated heterocycles. The highest BCUT2D eigenvalue weighted by Crippen LogP contribution is 2.47. The fraction of sp³-hybridized carbons (Fsp3) is 0.0517. The van der Waals surface area contributed by atoms with Crippen LogP contribution in [-0.2, 0) is 0 Å². The van der Waals surface area contributed by atoms with E-state index in [0.717, 1.165) is 83.7 Å². The molecule has 4 heterocycles. The molecule has 6 heteroatoms. The van der Waals surface area contributed by atoms with Crippen LogP contribution in [0.2, 0.25) is 0 Å². The average Bonchev–Trinajstić information content (AvgIpc) is 4.03. The van der Waals surface area contributed by atoms with E-state index in [4.69, 9.17) is 19.4 Å². The van der Waals surface area contributed by atoms with Gasteiger partial charge in [-0.1, -0.05) is 159 Å². The highest BCUT2D eigenvalue weighted by Gasteiger charge is 2.27. The number of hydrogen-bond donors (Lipinski definition) is 0. The minimum Gasteiger partial charge on any atom is -0.454 e. The van der Waals surface area contributed by atoms with Gasteiger partial charge >= 0.3 is 0 Å². The van der Waals surface area contributed by atoms with Crippen LogP contribution in [0.15, 0.2) is 199 Å². The summed E-state index contributed by atoms with van der Waals surface area (Å²) in [5, 5.41) is 5.71. The molecule has 0 aliphatic heterocycles. The molecule has 13 rings (SSSR count). The Bertz CT molecular complexity index is 3760. The van der Waals surface area contributed by atoms with Crippen molar-refractivity contribution in [1.82, 2.24) is 24.1 Å². The van der Waals surface area contributed by atoms with E-state index in [2.05, 4.69) is 150 Å². The lowest BCUT2D eigenvalue weighted by Crippen LogP contribution is -2.06. The largest absolute Gasteiger partial charge is 0.454 e. The van der Waals surface area contributed by atoms with Crippen LogP contribution in [0.25, 0.3) is 117 Å². The quantitative estimate of drug-likeness (QED) is 0.168. The molecule has 1 aliphatic rings. The van der Waals surface area contributed by atoms with Crippen molar-refractivity contribution in [2.24, 2.45) is 0 Å². The predicted molar refractivity (Wildman–Crippen MR) is 262 cm³/mol. The monoisotopic (exact) mass is 821 g/mol. The standard InChI is InChI=1S/C58H39N5O/c1-36-17-15-28-45-43-32-31-39(34-50(43)62(53(36)45)41-23-9-4-10-24-41)47-35-48-44-26-12-14-30-51(44)64-55(48)54-52(47)46-27-11-13-29-49(46)63(54)42-25-16-22-40(33-42)58-60-56(37-18-5-2-6-19-37)59-57(61-58)38-20-7-3-8-21-38/h2-16,18-36H,17H2,1H3. The van der Waals surface area contributed by atoms with Crippen molar-refractivity contribution >= 4 is 60.7 Å². The molecule has 0 bridgehead atoms. The fourth-order valence-corrected chi connectivity index (χ4v) is 10.1.